The van der Waals surface area contributed by atoms with E-state index in [-0.39, 0.29) is 0 Å². The van der Waals surface area contributed by atoms with Gasteiger partial charge in [0.2, 0.25) is 0 Å². The SMILES string of the molecule is CCOCCCNC(=NC)NCc1ccc(OC2CCCC2)c(OC)c1. The van der Waals surface area contributed by atoms with Crippen LogP contribution in [0.1, 0.15) is 44.6 Å². The number of benzene rings is 1. The topological polar surface area (TPSA) is 64.1 Å². The van der Waals surface area contributed by atoms with Gasteiger partial charge in [-0.2, -0.15) is 0 Å². The van der Waals surface area contributed by atoms with Crippen molar-refractivity contribution < 1.29 is 14.2 Å². The van der Waals surface area contributed by atoms with Gasteiger partial charge in [-0.3, -0.25) is 4.99 Å². The van der Waals surface area contributed by atoms with E-state index in [9.17, 15) is 0 Å². The molecule has 0 amide bonds. The maximum absolute atomic E-state index is 6.09. The first-order valence-corrected chi connectivity index (χ1v) is 9.62. The molecule has 0 radical (unpaired) electrons. The molecule has 26 heavy (non-hydrogen) atoms. The molecule has 1 aliphatic carbocycles. The third-order valence-electron chi connectivity index (χ3n) is 4.47. The van der Waals surface area contributed by atoms with Gasteiger partial charge in [-0.15, -0.1) is 0 Å². The second-order valence-corrected chi connectivity index (χ2v) is 6.41. The Hall–Kier alpha value is -1.95. The fourth-order valence-electron chi connectivity index (χ4n) is 3.04. The highest BCUT2D eigenvalue weighted by Crippen LogP contribution is 2.32. The molecule has 0 aliphatic heterocycles. The number of ether oxygens (including phenoxy) is 3. The second kappa shape index (κ2) is 11.6. The van der Waals surface area contributed by atoms with Gasteiger partial charge in [0.1, 0.15) is 0 Å². The van der Waals surface area contributed by atoms with Crippen LogP contribution >= 0.6 is 0 Å². The zero-order valence-electron chi connectivity index (χ0n) is 16.3. The van der Waals surface area contributed by atoms with E-state index in [1.807, 2.05) is 19.1 Å². The summed E-state index contributed by atoms with van der Waals surface area (Å²) in [5.74, 6) is 2.41. The Morgan fingerprint density at radius 3 is 2.69 bits per heavy atom. The molecular formula is C20H33N3O3. The van der Waals surface area contributed by atoms with Gasteiger partial charge < -0.3 is 24.8 Å². The van der Waals surface area contributed by atoms with Gasteiger partial charge >= 0.3 is 0 Å². The van der Waals surface area contributed by atoms with E-state index in [0.717, 1.165) is 62.0 Å². The summed E-state index contributed by atoms with van der Waals surface area (Å²) in [6.45, 7) is 5.03. The van der Waals surface area contributed by atoms with Crippen LogP contribution in [0.3, 0.4) is 0 Å². The lowest BCUT2D eigenvalue weighted by molar-refractivity contribution is 0.145. The molecule has 1 aromatic carbocycles. The third kappa shape index (κ3) is 6.75. The van der Waals surface area contributed by atoms with Gasteiger partial charge in [0.25, 0.3) is 0 Å². The van der Waals surface area contributed by atoms with Crippen LogP contribution in [-0.2, 0) is 11.3 Å². The summed E-state index contributed by atoms with van der Waals surface area (Å²) in [5.41, 5.74) is 1.12. The molecule has 6 nitrogen and oxygen atoms in total. The van der Waals surface area contributed by atoms with Crippen LogP contribution in [0, 0.1) is 0 Å². The Labute approximate surface area is 157 Å². The van der Waals surface area contributed by atoms with Crippen molar-refractivity contribution in [2.45, 2.75) is 51.7 Å². The third-order valence-corrected chi connectivity index (χ3v) is 4.47. The van der Waals surface area contributed by atoms with Gasteiger partial charge in [0.15, 0.2) is 17.5 Å². The molecule has 1 aliphatic rings. The molecule has 0 bridgehead atoms. The first-order valence-electron chi connectivity index (χ1n) is 9.62. The second-order valence-electron chi connectivity index (χ2n) is 6.41. The van der Waals surface area contributed by atoms with E-state index in [2.05, 4.69) is 21.7 Å². The fourth-order valence-corrected chi connectivity index (χ4v) is 3.04. The molecule has 146 valence electrons. The summed E-state index contributed by atoms with van der Waals surface area (Å²) >= 11 is 0. The van der Waals surface area contributed by atoms with Crippen LogP contribution in [0.15, 0.2) is 23.2 Å². The van der Waals surface area contributed by atoms with Crippen molar-refractivity contribution in [1.82, 2.24) is 10.6 Å². The summed E-state index contributed by atoms with van der Waals surface area (Å²) in [4.78, 5) is 4.25. The van der Waals surface area contributed by atoms with Crippen LogP contribution in [0.2, 0.25) is 0 Å². The van der Waals surface area contributed by atoms with Crippen LogP contribution in [0.4, 0.5) is 0 Å². The van der Waals surface area contributed by atoms with E-state index < -0.39 is 0 Å². The first-order chi connectivity index (χ1) is 12.8. The minimum Gasteiger partial charge on any atom is -0.493 e. The number of nitrogens with one attached hydrogen (secondary N) is 2. The largest absolute Gasteiger partial charge is 0.493 e. The van der Waals surface area contributed by atoms with E-state index in [1.54, 1.807) is 14.2 Å². The lowest BCUT2D eigenvalue weighted by atomic mass is 10.2. The van der Waals surface area contributed by atoms with E-state index in [1.165, 1.54) is 12.8 Å². The first kappa shape index (κ1) is 20.4. The highest BCUT2D eigenvalue weighted by molar-refractivity contribution is 5.79. The predicted octanol–water partition coefficient (Wildman–Crippen LogP) is 3.11. The number of aliphatic imine (C=N–C) groups is 1. The number of rotatable bonds is 10. The summed E-state index contributed by atoms with van der Waals surface area (Å²) in [7, 11) is 3.46. The average Bonchev–Trinajstić information content (AvgIpc) is 3.18. The quantitative estimate of drug-likeness (QED) is 0.380. The molecule has 2 N–H and O–H groups in total. The minimum absolute atomic E-state index is 0.326. The molecule has 1 fully saturated rings. The molecular weight excluding hydrogens is 330 g/mol. The van der Waals surface area contributed by atoms with Crippen molar-refractivity contribution in [1.29, 1.82) is 0 Å². The van der Waals surface area contributed by atoms with Gasteiger partial charge in [0, 0.05) is 33.4 Å². The highest BCUT2D eigenvalue weighted by atomic mass is 16.5. The zero-order valence-corrected chi connectivity index (χ0v) is 16.3. The van der Waals surface area contributed by atoms with Crippen molar-refractivity contribution in [2.75, 3.05) is 33.9 Å². The van der Waals surface area contributed by atoms with Crippen molar-refractivity contribution in [3.05, 3.63) is 23.8 Å². The number of methoxy groups -OCH3 is 1. The highest BCUT2D eigenvalue weighted by Gasteiger charge is 2.18. The van der Waals surface area contributed by atoms with Crippen LogP contribution in [-0.4, -0.2) is 46.0 Å². The molecule has 0 heterocycles. The molecule has 1 saturated carbocycles. The molecule has 0 spiro atoms. The Kier molecular flexibility index (Phi) is 9.10. The number of guanidine groups is 1. The summed E-state index contributed by atoms with van der Waals surface area (Å²) in [6.07, 6.45) is 6.07. The maximum Gasteiger partial charge on any atom is 0.191 e. The molecule has 2 rings (SSSR count). The van der Waals surface area contributed by atoms with Crippen molar-refractivity contribution in [2.24, 2.45) is 4.99 Å². The molecule has 6 heteroatoms. The smallest absolute Gasteiger partial charge is 0.191 e. The molecule has 0 unspecified atom stereocenters. The Morgan fingerprint density at radius 2 is 2.00 bits per heavy atom. The average molecular weight is 364 g/mol. The lowest BCUT2D eigenvalue weighted by Gasteiger charge is -2.17. The number of nitrogens with zero attached hydrogens (tertiary/aromatic N) is 1. The molecule has 1 aromatic rings. The summed E-state index contributed by atoms with van der Waals surface area (Å²) in [6, 6.07) is 6.11. The predicted molar refractivity (Wildman–Crippen MR) is 105 cm³/mol. The normalized spacial score (nSPS) is 15.1. The fraction of sp³-hybridized carbons (Fsp3) is 0.650. The van der Waals surface area contributed by atoms with Crippen molar-refractivity contribution >= 4 is 5.96 Å². The molecule has 0 atom stereocenters. The van der Waals surface area contributed by atoms with Gasteiger partial charge in [0.05, 0.1) is 13.2 Å². The minimum atomic E-state index is 0.326. The number of hydrogen-bond acceptors (Lipinski definition) is 4. The maximum atomic E-state index is 6.09. The lowest BCUT2D eigenvalue weighted by Crippen LogP contribution is -2.37. The van der Waals surface area contributed by atoms with Crippen molar-refractivity contribution in [3.8, 4) is 11.5 Å². The van der Waals surface area contributed by atoms with Gasteiger partial charge in [-0.1, -0.05) is 6.07 Å². The van der Waals surface area contributed by atoms with Crippen LogP contribution in [0.5, 0.6) is 11.5 Å². The van der Waals surface area contributed by atoms with E-state index in [0.29, 0.717) is 12.6 Å². The Balaban J connectivity index is 1.82. The van der Waals surface area contributed by atoms with E-state index in [4.69, 9.17) is 14.2 Å². The van der Waals surface area contributed by atoms with Gasteiger partial charge in [-0.25, -0.2) is 0 Å². The summed E-state index contributed by atoms with van der Waals surface area (Å²) < 4.78 is 16.9. The van der Waals surface area contributed by atoms with Crippen molar-refractivity contribution in [3.63, 3.8) is 0 Å². The standard InChI is InChI=1S/C20H33N3O3/c1-4-25-13-7-12-22-20(21-2)23-15-16-10-11-18(19(14-16)24-3)26-17-8-5-6-9-17/h10-11,14,17H,4-9,12-13,15H2,1-3H3,(H2,21,22,23). The summed E-state index contributed by atoms with van der Waals surface area (Å²) in [5, 5.41) is 6.61. The van der Waals surface area contributed by atoms with Crippen LogP contribution < -0.4 is 20.1 Å². The monoisotopic (exact) mass is 363 g/mol. The molecule has 0 saturated heterocycles. The zero-order chi connectivity index (χ0) is 18.6. The Bertz CT molecular complexity index is 557. The molecule has 0 aromatic heterocycles. The van der Waals surface area contributed by atoms with Crippen LogP contribution in [0.25, 0.3) is 0 Å². The Morgan fingerprint density at radius 1 is 1.19 bits per heavy atom. The number of hydrogen-bond donors (Lipinski definition) is 2. The van der Waals surface area contributed by atoms with E-state index >= 15 is 0 Å². The van der Waals surface area contributed by atoms with Gasteiger partial charge in [-0.05, 0) is 56.7 Å².